The summed E-state index contributed by atoms with van der Waals surface area (Å²) in [6.45, 7) is 0. The predicted molar refractivity (Wildman–Crippen MR) is 61.5 cm³/mol. The Morgan fingerprint density at radius 1 is 0.722 bits per heavy atom. The van der Waals surface area contributed by atoms with Crippen molar-refractivity contribution < 1.29 is 17.9 Å². The van der Waals surface area contributed by atoms with Crippen molar-refractivity contribution in [2.45, 2.75) is 6.36 Å². The van der Waals surface area contributed by atoms with Gasteiger partial charge >= 0.3 is 6.36 Å². The molecule has 0 unspecified atom stereocenters. The van der Waals surface area contributed by atoms with Gasteiger partial charge in [0.25, 0.3) is 0 Å². The summed E-state index contributed by atoms with van der Waals surface area (Å²) in [5, 5.41) is 0. The number of rotatable bonds is 3. The monoisotopic (exact) mass is 251 g/mol. The van der Waals surface area contributed by atoms with E-state index in [2.05, 4.69) is 4.74 Å². The molecule has 0 aromatic heterocycles. The van der Waals surface area contributed by atoms with Crippen molar-refractivity contribution in [2.75, 3.05) is 0 Å². The standard InChI is InChI=1S/C14H10F3O/c15-14(16,17)18-13(11-7-3-1-4-8-11)12-9-5-2-6-10-12/h1-10H. The van der Waals surface area contributed by atoms with Crippen molar-refractivity contribution in [3.05, 3.63) is 77.9 Å². The largest absolute Gasteiger partial charge is 0.523 e. The van der Waals surface area contributed by atoms with Crippen molar-refractivity contribution in [2.24, 2.45) is 0 Å². The molecule has 1 radical (unpaired) electrons. The lowest BCUT2D eigenvalue weighted by Gasteiger charge is -2.18. The SMILES string of the molecule is FC(F)(F)O[C](c1ccccc1)c1ccccc1. The Bertz CT molecular complexity index is 440. The summed E-state index contributed by atoms with van der Waals surface area (Å²) in [6, 6.07) is 16.4. The molecule has 0 bridgehead atoms. The summed E-state index contributed by atoms with van der Waals surface area (Å²) < 4.78 is 41.4. The molecule has 0 N–H and O–H groups in total. The van der Waals surface area contributed by atoms with Gasteiger partial charge in [0, 0.05) is 0 Å². The molecular formula is C14H10F3O. The topological polar surface area (TPSA) is 9.23 Å². The normalized spacial score (nSPS) is 11.8. The molecule has 0 amide bonds. The number of ether oxygens (including phenoxy) is 1. The molecule has 18 heavy (non-hydrogen) atoms. The first-order valence-corrected chi connectivity index (χ1v) is 5.30. The highest BCUT2D eigenvalue weighted by molar-refractivity contribution is 5.41. The van der Waals surface area contributed by atoms with Crippen LogP contribution in [-0.2, 0) is 4.74 Å². The Morgan fingerprint density at radius 3 is 1.44 bits per heavy atom. The highest BCUT2D eigenvalue weighted by Crippen LogP contribution is 2.31. The van der Waals surface area contributed by atoms with E-state index in [0.717, 1.165) is 0 Å². The van der Waals surface area contributed by atoms with E-state index in [1.165, 1.54) is 0 Å². The van der Waals surface area contributed by atoms with Gasteiger partial charge in [0.05, 0.1) is 0 Å². The predicted octanol–water partition coefficient (Wildman–Crippen LogP) is 4.15. The third-order valence-corrected chi connectivity index (χ3v) is 2.29. The van der Waals surface area contributed by atoms with Crippen molar-refractivity contribution in [1.29, 1.82) is 0 Å². The number of halogens is 3. The first-order chi connectivity index (χ1) is 8.56. The molecule has 0 atom stereocenters. The second kappa shape index (κ2) is 5.23. The summed E-state index contributed by atoms with van der Waals surface area (Å²) in [6.07, 6.45) is -4.90. The van der Waals surface area contributed by atoms with E-state index < -0.39 is 6.36 Å². The van der Waals surface area contributed by atoms with Crippen LogP contribution in [0.15, 0.2) is 60.7 Å². The summed E-state index contributed by atoms with van der Waals surface area (Å²) in [4.78, 5) is 0. The van der Waals surface area contributed by atoms with Gasteiger partial charge in [0.15, 0.2) is 6.10 Å². The fourth-order valence-electron chi connectivity index (χ4n) is 1.58. The van der Waals surface area contributed by atoms with Crippen molar-refractivity contribution in [3.63, 3.8) is 0 Å². The maximum Gasteiger partial charge on any atom is 0.523 e. The van der Waals surface area contributed by atoms with E-state index in [0.29, 0.717) is 11.1 Å². The molecule has 0 aliphatic carbocycles. The van der Waals surface area contributed by atoms with Crippen LogP contribution in [0.5, 0.6) is 0 Å². The van der Waals surface area contributed by atoms with Crippen LogP contribution < -0.4 is 0 Å². The van der Waals surface area contributed by atoms with Gasteiger partial charge in [-0.1, -0.05) is 60.7 Å². The Hall–Kier alpha value is -1.81. The molecule has 0 fully saturated rings. The molecule has 0 aliphatic rings. The molecule has 0 heterocycles. The van der Waals surface area contributed by atoms with E-state index in [1.807, 2.05) is 0 Å². The van der Waals surface area contributed by atoms with Gasteiger partial charge in [-0.05, 0) is 11.1 Å². The minimum atomic E-state index is -4.71. The summed E-state index contributed by atoms with van der Waals surface area (Å²) >= 11 is 0. The highest BCUT2D eigenvalue weighted by Gasteiger charge is 2.35. The number of alkyl halides is 3. The van der Waals surface area contributed by atoms with Crippen LogP contribution in [-0.4, -0.2) is 6.36 Å². The van der Waals surface area contributed by atoms with E-state index in [-0.39, 0.29) is 6.10 Å². The maximum absolute atomic E-state index is 12.4. The quantitative estimate of drug-likeness (QED) is 0.796. The fourth-order valence-corrected chi connectivity index (χ4v) is 1.58. The molecule has 0 spiro atoms. The molecule has 1 nitrogen and oxygen atoms in total. The summed E-state index contributed by atoms with van der Waals surface area (Å²) in [7, 11) is 0. The fraction of sp³-hybridized carbons (Fsp3) is 0.0714. The first-order valence-electron chi connectivity index (χ1n) is 5.30. The van der Waals surface area contributed by atoms with Gasteiger partial charge in [-0.2, -0.15) is 0 Å². The molecule has 0 saturated heterocycles. The van der Waals surface area contributed by atoms with Crippen LogP contribution >= 0.6 is 0 Å². The highest BCUT2D eigenvalue weighted by atomic mass is 19.4. The van der Waals surface area contributed by atoms with Gasteiger partial charge < -0.3 is 0 Å². The lowest BCUT2D eigenvalue weighted by molar-refractivity contribution is -0.314. The zero-order valence-electron chi connectivity index (χ0n) is 9.32. The van der Waals surface area contributed by atoms with Gasteiger partial charge in [-0.3, -0.25) is 4.74 Å². The maximum atomic E-state index is 12.4. The Kier molecular flexibility index (Phi) is 3.67. The van der Waals surface area contributed by atoms with Crippen LogP contribution in [0.3, 0.4) is 0 Å². The van der Waals surface area contributed by atoms with Crippen molar-refractivity contribution in [3.8, 4) is 0 Å². The minimum Gasteiger partial charge on any atom is -0.272 e. The lowest BCUT2D eigenvalue weighted by Crippen LogP contribution is -2.19. The number of hydrogen-bond donors (Lipinski definition) is 0. The van der Waals surface area contributed by atoms with E-state index >= 15 is 0 Å². The molecule has 2 aromatic carbocycles. The van der Waals surface area contributed by atoms with Crippen LogP contribution in [0.1, 0.15) is 11.1 Å². The van der Waals surface area contributed by atoms with Gasteiger partial charge in [0.2, 0.25) is 0 Å². The molecular weight excluding hydrogens is 241 g/mol. The zero-order valence-corrected chi connectivity index (χ0v) is 9.32. The third-order valence-electron chi connectivity index (χ3n) is 2.29. The molecule has 2 rings (SSSR count). The number of hydrogen-bond acceptors (Lipinski definition) is 1. The second-order valence-corrected chi connectivity index (χ2v) is 3.61. The van der Waals surface area contributed by atoms with Gasteiger partial charge in [0.1, 0.15) is 0 Å². The van der Waals surface area contributed by atoms with Crippen LogP contribution in [0, 0.1) is 6.10 Å². The van der Waals surface area contributed by atoms with Gasteiger partial charge in [-0.25, -0.2) is 0 Å². The van der Waals surface area contributed by atoms with Gasteiger partial charge in [-0.15, -0.1) is 13.2 Å². The molecule has 93 valence electrons. The van der Waals surface area contributed by atoms with Crippen molar-refractivity contribution >= 4 is 0 Å². The molecule has 0 aliphatic heterocycles. The van der Waals surface area contributed by atoms with Crippen LogP contribution in [0.25, 0.3) is 0 Å². The van der Waals surface area contributed by atoms with Crippen LogP contribution in [0.4, 0.5) is 13.2 Å². The summed E-state index contributed by atoms with van der Waals surface area (Å²) in [5.41, 5.74) is 0.780. The smallest absolute Gasteiger partial charge is 0.272 e. The zero-order chi connectivity index (χ0) is 13.0. The Balaban J connectivity index is 2.36. The molecule has 0 saturated carbocycles. The average molecular weight is 251 g/mol. The summed E-state index contributed by atoms with van der Waals surface area (Å²) in [5.74, 6) is 0. The van der Waals surface area contributed by atoms with E-state index in [9.17, 15) is 13.2 Å². The van der Waals surface area contributed by atoms with E-state index in [4.69, 9.17) is 0 Å². The average Bonchev–Trinajstić information content (AvgIpc) is 2.37. The third kappa shape index (κ3) is 3.34. The second-order valence-electron chi connectivity index (χ2n) is 3.61. The Labute approximate surface area is 103 Å². The Morgan fingerprint density at radius 2 is 1.11 bits per heavy atom. The number of benzene rings is 2. The van der Waals surface area contributed by atoms with Crippen molar-refractivity contribution in [1.82, 2.24) is 0 Å². The minimum absolute atomic E-state index is 0.191. The van der Waals surface area contributed by atoms with E-state index in [1.54, 1.807) is 60.7 Å². The molecule has 4 heteroatoms. The lowest BCUT2D eigenvalue weighted by atomic mass is 10.0. The molecule has 2 aromatic rings. The van der Waals surface area contributed by atoms with Crippen LogP contribution in [0.2, 0.25) is 0 Å². The first kappa shape index (κ1) is 12.6.